The van der Waals surface area contributed by atoms with E-state index in [0.717, 1.165) is 5.76 Å². The molecule has 1 amide bonds. The van der Waals surface area contributed by atoms with Gasteiger partial charge in [0.25, 0.3) is 0 Å². The highest BCUT2D eigenvalue weighted by molar-refractivity contribution is 5.78. The summed E-state index contributed by atoms with van der Waals surface area (Å²) in [6, 6.07) is 5.64. The zero-order valence-corrected chi connectivity index (χ0v) is 12.0. The first-order chi connectivity index (χ1) is 10.2. The van der Waals surface area contributed by atoms with Crippen molar-refractivity contribution in [3.63, 3.8) is 0 Å². The van der Waals surface area contributed by atoms with E-state index in [1.165, 1.54) is 7.11 Å². The van der Waals surface area contributed by atoms with Crippen LogP contribution < -0.4 is 5.32 Å². The summed E-state index contributed by atoms with van der Waals surface area (Å²) >= 11 is 0. The van der Waals surface area contributed by atoms with Crippen molar-refractivity contribution in [2.24, 2.45) is 0 Å². The number of nitrogens with one attached hydrogen (secondary N) is 1. The van der Waals surface area contributed by atoms with Gasteiger partial charge in [0.2, 0.25) is 5.91 Å². The monoisotopic (exact) mass is 293 g/mol. The highest BCUT2D eigenvalue weighted by Gasteiger charge is 2.12. The number of ether oxygens (including phenoxy) is 1. The molecule has 0 atom stereocenters. The number of methoxy groups -OCH3 is 1. The fourth-order valence-electron chi connectivity index (χ4n) is 1.71. The van der Waals surface area contributed by atoms with Crippen molar-refractivity contribution in [2.45, 2.75) is 19.4 Å². The predicted octanol–water partition coefficient (Wildman–Crippen LogP) is 0.675. The van der Waals surface area contributed by atoms with E-state index in [9.17, 15) is 9.59 Å². The van der Waals surface area contributed by atoms with E-state index in [-0.39, 0.29) is 31.4 Å². The summed E-state index contributed by atoms with van der Waals surface area (Å²) in [5.74, 6) is 0.158. The van der Waals surface area contributed by atoms with E-state index in [1.807, 2.05) is 11.0 Å². The van der Waals surface area contributed by atoms with Gasteiger partial charge in [0.15, 0.2) is 0 Å². The molecule has 0 spiro atoms. The molecule has 1 aromatic heterocycles. The van der Waals surface area contributed by atoms with Crippen molar-refractivity contribution in [2.75, 3.05) is 26.7 Å². The van der Waals surface area contributed by atoms with Crippen LogP contribution in [0.5, 0.6) is 0 Å². The van der Waals surface area contributed by atoms with Crippen molar-refractivity contribution in [1.82, 2.24) is 10.2 Å². The van der Waals surface area contributed by atoms with Crippen molar-refractivity contribution in [3.05, 3.63) is 24.2 Å². The third-order valence-corrected chi connectivity index (χ3v) is 2.75. The number of hydrogen-bond acceptors (Lipinski definition) is 6. The Kier molecular flexibility index (Phi) is 7.61. The topological polar surface area (TPSA) is 95.6 Å². The lowest BCUT2D eigenvalue weighted by Crippen LogP contribution is -2.38. The smallest absolute Gasteiger partial charge is 0.307 e. The number of carbonyl (C=O) groups is 2. The van der Waals surface area contributed by atoms with E-state index in [2.05, 4.69) is 16.1 Å². The fraction of sp³-hybridized carbons (Fsp3) is 0.500. The summed E-state index contributed by atoms with van der Waals surface area (Å²) in [5, 5.41) is 11.3. The number of amides is 1. The minimum absolute atomic E-state index is 0.138. The average Bonchev–Trinajstić information content (AvgIpc) is 2.97. The lowest BCUT2D eigenvalue weighted by molar-refractivity contribution is -0.140. The molecule has 7 nitrogen and oxygen atoms in total. The first-order valence-corrected chi connectivity index (χ1v) is 6.61. The van der Waals surface area contributed by atoms with Crippen LogP contribution >= 0.6 is 0 Å². The third kappa shape index (κ3) is 7.13. The van der Waals surface area contributed by atoms with Crippen LogP contribution in [0.25, 0.3) is 0 Å². The van der Waals surface area contributed by atoms with Gasteiger partial charge in [0, 0.05) is 19.5 Å². The van der Waals surface area contributed by atoms with Crippen LogP contribution in [0.15, 0.2) is 22.8 Å². The summed E-state index contributed by atoms with van der Waals surface area (Å²) in [4.78, 5) is 24.5. The van der Waals surface area contributed by atoms with Crippen LogP contribution in [0.2, 0.25) is 0 Å². The van der Waals surface area contributed by atoms with Crippen LogP contribution in [-0.2, 0) is 20.9 Å². The maximum atomic E-state index is 11.8. The van der Waals surface area contributed by atoms with Gasteiger partial charge in [-0.25, -0.2) is 0 Å². The number of nitriles is 1. The molecule has 0 aromatic carbocycles. The Balaban J connectivity index is 2.38. The SMILES string of the molecule is COC(=O)CCNC(=O)CN(CCC#N)Cc1ccco1. The van der Waals surface area contributed by atoms with E-state index in [1.54, 1.807) is 12.3 Å². The number of hydrogen-bond donors (Lipinski definition) is 1. The van der Waals surface area contributed by atoms with E-state index < -0.39 is 0 Å². The molecule has 1 heterocycles. The van der Waals surface area contributed by atoms with Crippen LogP contribution in [0.3, 0.4) is 0 Å². The van der Waals surface area contributed by atoms with Crippen molar-refractivity contribution >= 4 is 11.9 Å². The van der Waals surface area contributed by atoms with Gasteiger partial charge in [-0.15, -0.1) is 0 Å². The highest BCUT2D eigenvalue weighted by Crippen LogP contribution is 2.05. The molecule has 21 heavy (non-hydrogen) atoms. The molecular formula is C14H19N3O4. The van der Waals surface area contributed by atoms with Crippen molar-refractivity contribution < 1.29 is 18.7 Å². The Morgan fingerprint density at radius 1 is 1.52 bits per heavy atom. The third-order valence-electron chi connectivity index (χ3n) is 2.75. The van der Waals surface area contributed by atoms with Gasteiger partial charge in [-0.3, -0.25) is 14.5 Å². The molecular weight excluding hydrogens is 274 g/mol. The van der Waals surface area contributed by atoms with Crippen molar-refractivity contribution in [1.29, 1.82) is 5.26 Å². The molecule has 0 fully saturated rings. The molecule has 0 saturated heterocycles. The summed E-state index contributed by atoms with van der Waals surface area (Å²) in [5.41, 5.74) is 0. The Morgan fingerprint density at radius 3 is 2.95 bits per heavy atom. The first-order valence-electron chi connectivity index (χ1n) is 6.61. The second kappa shape index (κ2) is 9.55. The second-order valence-electron chi connectivity index (χ2n) is 4.37. The number of rotatable bonds is 9. The lowest BCUT2D eigenvalue weighted by atomic mass is 10.3. The summed E-state index contributed by atoms with van der Waals surface area (Å²) < 4.78 is 9.72. The van der Waals surface area contributed by atoms with E-state index in [0.29, 0.717) is 19.5 Å². The Hall–Kier alpha value is -2.33. The molecule has 0 aliphatic carbocycles. The molecule has 7 heteroatoms. The van der Waals surface area contributed by atoms with Gasteiger partial charge in [-0.1, -0.05) is 0 Å². The zero-order chi connectivity index (χ0) is 15.5. The molecule has 114 valence electrons. The molecule has 1 N–H and O–H groups in total. The molecule has 1 rings (SSSR count). The summed E-state index contributed by atoms with van der Waals surface area (Å²) in [6.45, 7) is 1.31. The first kappa shape index (κ1) is 16.7. The normalized spacial score (nSPS) is 10.1. The average molecular weight is 293 g/mol. The molecule has 0 saturated carbocycles. The van der Waals surface area contributed by atoms with Crippen LogP contribution in [0, 0.1) is 11.3 Å². The number of furan rings is 1. The number of nitrogens with zero attached hydrogens (tertiary/aromatic N) is 2. The van der Waals surface area contributed by atoms with Crippen molar-refractivity contribution in [3.8, 4) is 6.07 Å². The molecule has 1 aromatic rings. The Morgan fingerprint density at radius 2 is 2.33 bits per heavy atom. The molecule has 0 radical (unpaired) electrons. The summed E-state index contributed by atoms with van der Waals surface area (Å²) in [7, 11) is 1.30. The zero-order valence-electron chi connectivity index (χ0n) is 12.0. The van der Waals surface area contributed by atoms with Gasteiger partial charge in [-0.05, 0) is 12.1 Å². The van der Waals surface area contributed by atoms with Gasteiger partial charge in [0.1, 0.15) is 5.76 Å². The predicted molar refractivity (Wildman–Crippen MR) is 73.9 cm³/mol. The fourth-order valence-corrected chi connectivity index (χ4v) is 1.71. The van der Waals surface area contributed by atoms with Crippen LogP contribution in [0.1, 0.15) is 18.6 Å². The molecule has 0 aliphatic rings. The van der Waals surface area contributed by atoms with Crippen LogP contribution in [-0.4, -0.2) is 43.5 Å². The highest BCUT2D eigenvalue weighted by atomic mass is 16.5. The number of carbonyl (C=O) groups excluding carboxylic acids is 2. The molecule has 0 bridgehead atoms. The largest absolute Gasteiger partial charge is 0.469 e. The van der Waals surface area contributed by atoms with Gasteiger partial charge in [0.05, 0.1) is 39.0 Å². The minimum atomic E-state index is -0.368. The van der Waals surface area contributed by atoms with E-state index in [4.69, 9.17) is 9.68 Å². The van der Waals surface area contributed by atoms with Gasteiger partial charge >= 0.3 is 5.97 Å². The van der Waals surface area contributed by atoms with E-state index >= 15 is 0 Å². The maximum absolute atomic E-state index is 11.8. The maximum Gasteiger partial charge on any atom is 0.307 e. The van der Waals surface area contributed by atoms with Crippen LogP contribution in [0.4, 0.5) is 0 Å². The standard InChI is InChI=1S/C14H19N3O4/c1-20-14(19)5-7-16-13(18)11-17(8-3-6-15)10-12-4-2-9-21-12/h2,4,9H,3,5,7-8,10-11H2,1H3,(H,16,18). The molecule has 0 unspecified atom stereocenters. The van der Waals surface area contributed by atoms with Gasteiger partial charge < -0.3 is 14.5 Å². The Labute approximate surface area is 123 Å². The number of esters is 1. The second-order valence-corrected chi connectivity index (χ2v) is 4.37. The van der Waals surface area contributed by atoms with Gasteiger partial charge in [-0.2, -0.15) is 5.26 Å². The summed E-state index contributed by atoms with van der Waals surface area (Å²) in [6.07, 6.45) is 2.03. The Bertz CT molecular complexity index is 479. The quantitative estimate of drug-likeness (QED) is 0.672. The lowest BCUT2D eigenvalue weighted by Gasteiger charge is -2.19. The minimum Gasteiger partial charge on any atom is -0.469 e. The molecule has 0 aliphatic heterocycles.